The third-order valence-electron chi connectivity index (χ3n) is 6.06. The van der Waals surface area contributed by atoms with E-state index in [0.717, 1.165) is 29.7 Å². The monoisotopic (exact) mass is 419 g/mol. The summed E-state index contributed by atoms with van der Waals surface area (Å²) in [6.07, 6.45) is 2.19. The molecule has 1 aliphatic carbocycles. The van der Waals surface area contributed by atoms with Crippen molar-refractivity contribution in [2.45, 2.75) is 45.7 Å². The summed E-state index contributed by atoms with van der Waals surface area (Å²) in [5, 5.41) is 5.95. The SMILES string of the molecule is Cc1ccc(CN2C[C@@H](C(=O)N[C@@H](C)c3ccc(NC(=O)C4CC4)cc3)CC2=O)cc1. The second kappa shape index (κ2) is 8.92. The lowest BCUT2D eigenvalue weighted by Crippen LogP contribution is -2.34. The number of hydrogen-bond acceptors (Lipinski definition) is 3. The molecule has 0 aromatic heterocycles. The number of aryl methyl sites for hydroxylation is 1. The minimum absolute atomic E-state index is 0.0177. The van der Waals surface area contributed by atoms with E-state index in [1.807, 2.05) is 62.4 Å². The van der Waals surface area contributed by atoms with Gasteiger partial charge in [0.1, 0.15) is 0 Å². The van der Waals surface area contributed by atoms with Crippen LogP contribution >= 0.6 is 0 Å². The number of nitrogens with one attached hydrogen (secondary N) is 2. The van der Waals surface area contributed by atoms with Crippen molar-refractivity contribution in [1.29, 1.82) is 0 Å². The molecule has 6 nitrogen and oxygen atoms in total. The van der Waals surface area contributed by atoms with Crippen molar-refractivity contribution in [2.24, 2.45) is 11.8 Å². The lowest BCUT2D eigenvalue weighted by molar-refractivity contribution is -0.129. The van der Waals surface area contributed by atoms with Gasteiger partial charge in [0, 0.05) is 31.1 Å². The normalized spacial score (nSPS) is 19.2. The molecule has 1 saturated carbocycles. The van der Waals surface area contributed by atoms with Crippen LogP contribution in [0.5, 0.6) is 0 Å². The minimum atomic E-state index is -0.336. The molecule has 0 radical (unpaired) electrons. The van der Waals surface area contributed by atoms with Gasteiger partial charge >= 0.3 is 0 Å². The van der Waals surface area contributed by atoms with Gasteiger partial charge < -0.3 is 15.5 Å². The van der Waals surface area contributed by atoms with E-state index in [2.05, 4.69) is 10.6 Å². The first-order valence-electron chi connectivity index (χ1n) is 10.9. The van der Waals surface area contributed by atoms with Gasteiger partial charge in [-0.05, 0) is 49.9 Å². The van der Waals surface area contributed by atoms with Gasteiger partial charge in [0.15, 0.2) is 0 Å². The molecule has 0 bridgehead atoms. The molecule has 2 N–H and O–H groups in total. The predicted octanol–water partition coefficient (Wildman–Crippen LogP) is 3.57. The summed E-state index contributed by atoms with van der Waals surface area (Å²) in [5.74, 6) is -0.173. The maximum absolute atomic E-state index is 12.8. The van der Waals surface area contributed by atoms with Gasteiger partial charge in [-0.25, -0.2) is 0 Å². The molecule has 3 amide bonds. The molecule has 1 aliphatic heterocycles. The first kappa shape index (κ1) is 21.1. The largest absolute Gasteiger partial charge is 0.349 e. The third kappa shape index (κ3) is 5.32. The van der Waals surface area contributed by atoms with Crippen LogP contribution in [0.15, 0.2) is 48.5 Å². The molecule has 2 fully saturated rings. The van der Waals surface area contributed by atoms with E-state index in [-0.39, 0.29) is 42.0 Å². The molecule has 1 saturated heterocycles. The Morgan fingerprint density at radius 1 is 1.00 bits per heavy atom. The molecule has 2 aromatic rings. The van der Waals surface area contributed by atoms with E-state index >= 15 is 0 Å². The summed E-state index contributed by atoms with van der Waals surface area (Å²) in [7, 11) is 0. The van der Waals surface area contributed by atoms with Gasteiger partial charge in [-0.3, -0.25) is 14.4 Å². The summed E-state index contributed by atoms with van der Waals surface area (Å²) < 4.78 is 0. The molecule has 2 atom stereocenters. The number of carbonyl (C=O) groups is 3. The van der Waals surface area contributed by atoms with Crippen molar-refractivity contribution < 1.29 is 14.4 Å². The maximum atomic E-state index is 12.8. The number of likely N-dealkylation sites (tertiary alicyclic amines) is 1. The standard InChI is InChI=1S/C25H29N3O3/c1-16-3-5-18(6-4-16)14-28-15-21(13-23(28)29)25(31)26-17(2)19-9-11-22(12-10-19)27-24(30)20-7-8-20/h3-6,9-12,17,20-21H,7-8,13-15H2,1-2H3,(H,26,31)(H,27,30)/t17-,21-/m0/s1. The van der Waals surface area contributed by atoms with Crippen molar-refractivity contribution in [3.05, 3.63) is 65.2 Å². The lowest BCUT2D eigenvalue weighted by Gasteiger charge is -2.19. The smallest absolute Gasteiger partial charge is 0.227 e. The minimum Gasteiger partial charge on any atom is -0.349 e. The van der Waals surface area contributed by atoms with Gasteiger partial charge in [0.25, 0.3) is 0 Å². The quantitative estimate of drug-likeness (QED) is 0.720. The van der Waals surface area contributed by atoms with E-state index in [0.29, 0.717) is 13.1 Å². The van der Waals surface area contributed by atoms with E-state index < -0.39 is 0 Å². The van der Waals surface area contributed by atoms with Gasteiger partial charge in [-0.1, -0.05) is 42.0 Å². The second-order valence-corrected chi connectivity index (χ2v) is 8.78. The molecule has 162 valence electrons. The molecule has 0 spiro atoms. The zero-order valence-corrected chi connectivity index (χ0v) is 18.1. The van der Waals surface area contributed by atoms with Crippen LogP contribution in [0.2, 0.25) is 0 Å². The summed E-state index contributed by atoms with van der Waals surface area (Å²) in [6, 6.07) is 15.5. The van der Waals surface area contributed by atoms with Gasteiger partial charge in [0.05, 0.1) is 12.0 Å². The molecular formula is C25H29N3O3. The van der Waals surface area contributed by atoms with E-state index in [9.17, 15) is 14.4 Å². The van der Waals surface area contributed by atoms with Crippen molar-refractivity contribution >= 4 is 23.4 Å². The Balaban J connectivity index is 1.29. The number of amides is 3. The summed E-state index contributed by atoms with van der Waals surface area (Å²) in [4.78, 5) is 38.8. The molecule has 31 heavy (non-hydrogen) atoms. The fraction of sp³-hybridized carbons (Fsp3) is 0.400. The number of nitrogens with zero attached hydrogens (tertiary/aromatic N) is 1. The van der Waals surface area contributed by atoms with Crippen molar-refractivity contribution in [3.63, 3.8) is 0 Å². The summed E-state index contributed by atoms with van der Waals surface area (Å²) >= 11 is 0. The predicted molar refractivity (Wildman–Crippen MR) is 119 cm³/mol. The van der Waals surface area contributed by atoms with Crippen molar-refractivity contribution in [3.8, 4) is 0 Å². The van der Waals surface area contributed by atoms with Gasteiger partial charge in [-0.2, -0.15) is 0 Å². The lowest BCUT2D eigenvalue weighted by atomic mass is 10.0. The average Bonchev–Trinajstić information content (AvgIpc) is 3.54. The highest BCUT2D eigenvalue weighted by Gasteiger charge is 2.34. The van der Waals surface area contributed by atoms with E-state index in [4.69, 9.17) is 0 Å². The number of rotatable bonds is 7. The third-order valence-corrected chi connectivity index (χ3v) is 6.06. The number of hydrogen-bond donors (Lipinski definition) is 2. The maximum Gasteiger partial charge on any atom is 0.227 e. The van der Waals surface area contributed by atoms with Crippen LogP contribution in [0.3, 0.4) is 0 Å². The van der Waals surface area contributed by atoms with E-state index in [1.54, 1.807) is 4.90 Å². The fourth-order valence-electron chi connectivity index (χ4n) is 3.87. The second-order valence-electron chi connectivity index (χ2n) is 8.78. The molecule has 0 unspecified atom stereocenters. The highest BCUT2D eigenvalue weighted by Crippen LogP contribution is 2.30. The van der Waals surface area contributed by atoms with Crippen LogP contribution < -0.4 is 10.6 Å². The van der Waals surface area contributed by atoms with Crippen LogP contribution in [-0.4, -0.2) is 29.2 Å². The molecule has 4 rings (SSSR count). The number of benzene rings is 2. The zero-order valence-electron chi connectivity index (χ0n) is 18.1. The molecule has 1 heterocycles. The Labute approximate surface area is 183 Å². The first-order chi connectivity index (χ1) is 14.9. The Morgan fingerprint density at radius 2 is 1.68 bits per heavy atom. The van der Waals surface area contributed by atoms with Crippen LogP contribution in [0.4, 0.5) is 5.69 Å². The highest BCUT2D eigenvalue weighted by atomic mass is 16.2. The Morgan fingerprint density at radius 3 is 2.32 bits per heavy atom. The number of anilines is 1. The Hall–Kier alpha value is -3.15. The highest BCUT2D eigenvalue weighted by molar-refractivity contribution is 5.94. The van der Waals surface area contributed by atoms with Gasteiger partial charge in [0.2, 0.25) is 17.7 Å². The molecular weight excluding hydrogens is 390 g/mol. The topological polar surface area (TPSA) is 78.5 Å². The first-order valence-corrected chi connectivity index (χ1v) is 10.9. The molecule has 6 heteroatoms. The fourth-order valence-corrected chi connectivity index (χ4v) is 3.87. The number of carbonyl (C=O) groups excluding carboxylic acids is 3. The van der Waals surface area contributed by atoms with Crippen molar-refractivity contribution in [2.75, 3.05) is 11.9 Å². The Kier molecular flexibility index (Phi) is 6.07. The zero-order chi connectivity index (χ0) is 22.0. The van der Waals surface area contributed by atoms with Crippen molar-refractivity contribution in [1.82, 2.24) is 10.2 Å². The van der Waals surface area contributed by atoms with Crippen LogP contribution in [0, 0.1) is 18.8 Å². The van der Waals surface area contributed by atoms with Gasteiger partial charge in [-0.15, -0.1) is 0 Å². The Bertz CT molecular complexity index is 965. The van der Waals surface area contributed by atoms with Crippen LogP contribution in [-0.2, 0) is 20.9 Å². The van der Waals surface area contributed by atoms with Crippen LogP contribution in [0.1, 0.15) is 48.9 Å². The van der Waals surface area contributed by atoms with E-state index in [1.165, 1.54) is 5.56 Å². The summed E-state index contributed by atoms with van der Waals surface area (Å²) in [6.45, 7) is 4.94. The molecule has 2 aromatic carbocycles. The average molecular weight is 420 g/mol. The summed E-state index contributed by atoms with van der Waals surface area (Å²) in [5.41, 5.74) is 3.98. The van der Waals surface area contributed by atoms with Crippen LogP contribution in [0.25, 0.3) is 0 Å². The molecule has 2 aliphatic rings.